The van der Waals surface area contributed by atoms with Gasteiger partial charge in [0.2, 0.25) is 0 Å². The minimum absolute atomic E-state index is 0.0673. The lowest BCUT2D eigenvalue weighted by Crippen LogP contribution is -2.43. The Morgan fingerprint density at radius 1 is 1.40 bits per heavy atom. The average Bonchev–Trinajstić information content (AvgIpc) is 3.27. The molecule has 5 nitrogen and oxygen atoms in total. The Hall–Kier alpha value is -2.37. The number of imidazole rings is 1. The van der Waals surface area contributed by atoms with Crippen LogP contribution in [-0.4, -0.2) is 33.1 Å². The highest BCUT2D eigenvalue weighted by molar-refractivity contribution is 5.74. The number of urea groups is 1. The molecule has 0 atom stereocenters. The number of halogens is 1. The number of benzene rings is 1. The van der Waals surface area contributed by atoms with Gasteiger partial charge in [-0.1, -0.05) is 18.2 Å². The van der Waals surface area contributed by atoms with Crippen molar-refractivity contribution in [2.24, 2.45) is 5.92 Å². The van der Waals surface area contributed by atoms with Crippen LogP contribution in [0.25, 0.3) is 0 Å². The summed E-state index contributed by atoms with van der Waals surface area (Å²) in [7, 11) is 0. The smallest absolute Gasteiger partial charge is 0.318 e. The van der Waals surface area contributed by atoms with Crippen LogP contribution in [0.2, 0.25) is 0 Å². The molecule has 1 N–H and O–H groups in total. The normalized spacial score (nSPS) is 13.9. The summed E-state index contributed by atoms with van der Waals surface area (Å²) in [6.07, 6.45) is 5.88. The van der Waals surface area contributed by atoms with Crippen molar-refractivity contribution in [2.45, 2.75) is 45.8 Å². The molecular weight excluding hydrogens is 319 g/mol. The molecule has 2 aromatic rings. The highest BCUT2D eigenvalue weighted by Gasteiger charge is 2.28. The molecule has 1 heterocycles. The molecule has 134 valence electrons. The van der Waals surface area contributed by atoms with E-state index in [2.05, 4.69) is 10.3 Å². The second-order valence-electron chi connectivity index (χ2n) is 6.99. The van der Waals surface area contributed by atoms with Crippen molar-refractivity contribution in [2.75, 3.05) is 6.54 Å². The molecule has 1 aromatic carbocycles. The first-order valence-electron chi connectivity index (χ1n) is 8.81. The van der Waals surface area contributed by atoms with E-state index >= 15 is 0 Å². The van der Waals surface area contributed by atoms with Gasteiger partial charge in [0.25, 0.3) is 0 Å². The van der Waals surface area contributed by atoms with Gasteiger partial charge in [-0.15, -0.1) is 0 Å². The first-order chi connectivity index (χ1) is 12.0. The van der Waals surface area contributed by atoms with E-state index < -0.39 is 0 Å². The molecule has 1 fully saturated rings. The van der Waals surface area contributed by atoms with E-state index in [4.69, 9.17) is 0 Å². The Morgan fingerprint density at radius 2 is 2.16 bits per heavy atom. The fourth-order valence-electron chi connectivity index (χ4n) is 2.79. The minimum Gasteiger partial charge on any atom is -0.336 e. The van der Waals surface area contributed by atoms with Gasteiger partial charge < -0.3 is 14.8 Å². The number of aromatic nitrogens is 2. The maximum absolute atomic E-state index is 13.9. The van der Waals surface area contributed by atoms with Gasteiger partial charge in [0, 0.05) is 30.5 Å². The van der Waals surface area contributed by atoms with Gasteiger partial charge in [-0.05, 0) is 38.7 Å². The molecule has 2 amide bonds. The second kappa shape index (κ2) is 7.68. The summed E-state index contributed by atoms with van der Waals surface area (Å²) in [5, 5.41) is 2.96. The zero-order valence-electron chi connectivity index (χ0n) is 14.8. The number of hydrogen-bond acceptors (Lipinski definition) is 2. The van der Waals surface area contributed by atoms with E-state index in [1.807, 2.05) is 35.6 Å². The molecule has 0 aliphatic heterocycles. The second-order valence-corrected chi connectivity index (χ2v) is 6.99. The maximum Gasteiger partial charge on any atom is 0.318 e. The first kappa shape index (κ1) is 17.5. The average molecular weight is 344 g/mol. The molecule has 0 unspecified atom stereocenters. The van der Waals surface area contributed by atoms with E-state index in [0.717, 1.165) is 12.4 Å². The summed E-state index contributed by atoms with van der Waals surface area (Å²) in [5.74, 6) is 1.13. The molecule has 0 bridgehead atoms. The fourth-order valence-corrected chi connectivity index (χ4v) is 2.79. The van der Waals surface area contributed by atoms with E-state index in [1.54, 1.807) is 18.3 Å². The number of amides is 2. The Kier molecular flexibility index (Phi) is 5.36. The highest BCUT2D eigenvalue weighted by atomic mass is 19.1. The first-order valence-corrected chi connectivity index (χ1v) is 8.81. The Labute approximate surface area is 147 Å². The Balaban J connectivity index is 1.73. The van der Waals surface area contributed by atoms with Crippen LogP contribution in [0.4, 0.5) is 9.18 Å². The number of nitrogens with one attached hydrogen (secondary N) is 1. The van der Waals surface area contributed by atoms with Gasteiger partial charge in [-0.2, -0.15) is 0 Å². The SMILES string of the molecule is CC(C)NC(=O)N(Cc1nccn1Cc1ccccc1F)CC1CC1. The molecule has 3 rings (SSSR count). The Morgan fingerprint density at radius 3 is 2.84 bits per heavy atom. The van der Waals surface area contributed by atoms with Crippen molar-refractivity contribution < 1.29 is 9.18 Å². The molecule has 1 saturated carbocycles. The van der Waals surface area contributed by atoms with Gasteiger partial charge in [0.15, 0.2) is 0 Å². The van der Waals surface area contributed by atoms with Crippen molar-refractivity contribution in [3.63, 3.8) is 0 Å². The van der Waals surface area contributed by atoms with Gasteiger partial charge in [-0.25, -0.2) is 14.2 Å². The summed E-state index contributed by atoms with van der Waals surface area (Å²) in [6.45, 7) is 5.48. The van der Waals surface area contributed by atoms with Crippen molar-refractivity contribution >= 4 is 6.03 Å². The van der Waals surface area contributed by atoms with Crippen LogP contribution in [-0.2, 0) is 13.1 Å². The van der Waals surface area contributed by atoms with Crippen LogP contribution in [0, 0.1) is 11.7 Å². The predicted octanol–water partition coefficient (Wildman–Crippen LogP) is 3.40. The van der Waals surface area contributed by atoms with Crippen LogP contribution in [0.1, 0.15) is 38.1 Å². The highest BCUT2D eigenvalue weighted by Crippen LogP contribution is 2.30. The minimum atomic E-state index is -0.227. The van der Waals surface area contributed by atoms with Crippen molar-refractivity contribution in [3.8, 4) is 0 Å². The summed E-state index contributed by atoms with van der Waals surface area (Å²) < 4.78 is 15.8. The van der Waals surface area contributed by atoms with Crippen molar-refractivity contribution in [1.82, 2.24) is 19.8 Å². The quantitative estimate of drug-likeness (QED) is 0.837. The van der Waals surface area contributed by atoms with Crippen LogP contribution in [0.3, 0.4) is 0 Å². The third-order valence-electron chi connectivity index (χ3n) is 4.31. The maximum atomic E-state index is 13.9. The van der Waals surface area contributed by atoms with Crippen molar-refractivity contribution in [3.05, 3.63) is 53.9 Å². The molecule has 1 aromatic heterocycles. The van der Waals surface area contributed by atoms with E-state index in [0.29, 0.717) is 24.6 Å². The van der Waals surface area contributed by atoms with E-state index in [-0.39, 0.29) is 17.9 Å². The summed E-state index contributed by atoms with van der Waals surface area (Å²) in [5.41, 5.74) is 0.613. The van der Waals surface area contributed by atoms with Crippen LogP contribution >= 0.6 is 0 Å². The molecule has 0 radical (unpaired) electrons. The zero-order chi connectivity index (χ0) is 17.8. The van der Waals surface area contributed by atoms with Crippen LogP contribution in [0.5, 0.6) is 0 Å². The number of hydrogen-bond donors (Lipinski definition) is 1. The molecule has 0 saturated heterocycles. The number of nitrogens with zero attached hydrogens (tertiary/aromatic N) is 3. The standard InChI is InChI=1S/C19H25FN4O/c1-14(2)22-19(25)24(11-15-7-8-15)13-18-21-9-10-23(18)12-16-5-3-4-6-17(16)20/h3-6,9-10,14-15H,7-8,11-13H2,1-2H3,(H,22,25). The third-order valence-corrected chi connectivity index (χ3v) is 4.31. The van der Waals surface area contributed by atoms with E-state index in [9.17, 15) is 9.18 Å². The number of carbonyl (C=O) groups excluding carboxylic acids is 1. The molecule has 1 aliphatic carbocycles. The number of carbonyl (C=O) groups is 1. The third kappa shape index (κ3) is 4.81. The molecule has 0 spiro atoms. The zero-order valence-corrected chi connectivity index (χ0v) is 14.8. The Bertz CT molecular complexity index is 724. The van der Waals surface area contributed by atoms with Crippen molar-refractivity contribution in [1.29, 1.82) is 0 Å². The lowest BCUT2D eigenvalue weighted by molar-refractivity contribution is 0.187. The molecule has 6 heteroatoms. The van der Waals surface area contributed by atoms with Crippen LogP contribution in [0.15, 0.2) is 36.7 Å². The van der Waals surface area contributed by atoms with Crippen LogP contribution < -0.4 is 5.32 Å². The largest absolute Gasteiger partial charge is 0.336 e. The van der Waals surface area contributed by atoms with Gasteiger partial charge in [-0.3, -0.25) is 0 Å². The van der Waals surface area contributed by atoms with Gasteiger partial charge >= 0.3 is 6.03 Å². The molecular formula is C19H25FN4O. The van der Waals surface area contributed by atoms with E-state index in [1.165, 1.54) is 18.9 Å². The van der Waals surface area contributed by atoms with Gasteiger partial charge in [0.05, 0.1) is 13.1 Å². The summed E-state index contributed by atoms with van der Waals surface area (Å²) in [4.78, 5) is 18.7. The fraction of sp³-hybridized carbons (Fsp3) is 0.474. The summed E-state index contributed by atoms with van der Waals surface area (Å²) >= 11 is 0. The summed E-state index contributed by atoms with van der Waals surface area (Å²) in [6, 6.07) is 6.76. The predicted molar refractivity (Wildman–Crippen MR) is 94.5 cm³/mol. The molecule has 25 heavy (non-hydrogen) atoms. The number of rotatable bonds is 7. The molecule has 1 aliphatic rings. The van der Waals surface area contributed by atoms with Gasteiger partial charge in [0.1, 0.15) is 11.6 Å². The lowest BCUT2D eigenvalue weighted by atomic mass is 10.2. The lowest BCUT2D eigenvalue weighted by Gasteiger charge is -2.24. The monoisotopic (exact) mass is 344 g/mol. The topological polar surface area (TPSA) is 50.2 Å².